The molecule has 14 heavy (non-hydrogen) atoms. The largest absolute Gasteiger partial charge is 0.339 e. The molecule has 0 unspecified atom stereocenters. The highest BCUT2D eigenvalue weighted by molar-refractivity contribution is 5.78. The normalized spacial score (nSPS) is 26.3. The summed E-state index contributed by atoms with van der Waals surface area (Å²) >= 11 is 0. The molecule has 0 aromatic heterocycles. The van der Waals surface area contributed by atoms with Gasteiger partial charge in [0.1, 0.15) is 0 Å². The fraction of sp³-hybridized carbons (Fsp3) is 0.909. The summed E-state index contributed by atoms with van der Waals surface area (Å²) in [6.45, 7) is 2.55. The van der Waals surface area contributed by atoms with Gasteiger partial charge >= 0.3 is 0 Å². The molecular formula is C11H20N2O. The first-order valence-corrected chi connectivity index (χ1v) is 5.88. The maximum absolute atomic E-state index is 11.8. The average molecular weight is 196 g/mol. The van der Waals surface area contributed by atoms with Gasteiger partial charge in [-0.1, -0.05) is 12.8 Å². The Morgan fingerprint density at radius 1 is 1.14 bits per heavy atom. The van der Waals surface area contributed by atoms with Crippen LogP contribution in [0, 0.1) is 0 Å². The van der Waals surface area contributed by atoms with Gasteiger partial charge in [0.05, 0.1) is 6.54 Å². The van der Waals surface area contributed by atoms with Crippen LogP contribution in [-0.4, -0.2) is 36.5 Å². The van der Waals surface area contributed by atoms with Gasteiger partial charge in [-0.15, -0.1) is 0 Å². The summed E-state index contributed by atoms with van der Waals surface area (Å²) in [5.74, 6) is 0.316. The Labute approximate surface area is 85.8 Å². The summed E-state index contributed by atoms with van der Waals surface area (Å²) in [6.07, 6.45) is 7.44. The van der Waals surface area contributed by atoms with Crippen LogP contribution in [0.25, 0.3) is 0 Å². The van der Waals surface area contributed by atoms with Gasteiger partial charge in [0.25, 0.3) is 0 Å². The predicted octanol–water partition coefficient (Wildman–Crippen LogP) is 1.14. The zero-order chi connectivity index (χ0) is 9.80. The van der Waals surface area contributed by atoms with Crippen molar-refractivity contribution < 1.29 is 4.79 Å². The Bertz CT molecular complexity index is 199. The van der Waals surface area contributed by atoms with E-state index in [1.54, 1.807) is 0 Å². The summed E-state index contributed by atoms with van der Waals surface area (Å²) in [7, 11) is 0. The SMILES string of the molecule is O=C1CNCCCCN1C1CCCC1. The van der Waals surface area contributed by atoms with E-state index in [4.69, 9.17) is 0 Å². The lowest BCUT2D eigenvalue weighted by Crippen LogP contribution is -2.45. The number of carbonyl (C=O) groups excluding carboxylic acids is 1. The molecule has 0 radical (unpaired) electrons. The highest BCUT2D eigenvalue weighted by atomic mass is 16.2. The van der Waals surface area contributed by atoms with E-state index in [0.717, 1.165) is 19.5 Å². The standard InChI is InChI=1S/C11H20N2O/c14-11-9-12-7-3-4-8-13(11)10-5-1-2-6-10/h10,12H,1-9H2. The minimum absolute atomic E-state index is 0.316. The highest BCUT2D eigenvalue weighted by Crippen LogP contribution is 2.24. The second-order valence-electron chi connectivity index (χ2n) is 4.41. The minimum Gasteiger partial charge on any atom is -0.339 e. The minimum atomic E-state index is 0.316. The van der Waals surface area contributed by atoms with E-state index >= 15 is 0 Å². The summed E-state index contributed by atoms with van der Waals surface area (Å²) in [4.78, 5) is 13.9. The zero-order valence-corrected chi connectivity index (χ0v) is 8.80. The quantitative estimate of drug-likeness (QED) is 0.682. The Morgan fingerprint density at radius 2 is 1.93 bits per heavy atom. The van der Waals surface area contributed by atoms with Crippen LogP contribution in [0.4, 0.5) is 0 Å². The molecule has 1 amide bonds. The van der Waals surface area contributed by atoms with Gasteiger partial charge < -0.3 is 10.2 Å². The fourth-order valence-corrected chi connectivity index (χ4v) is 2.56. The molecule has 0 aromatic carbocycles. The molecular weight excluding hydrogens is 176 g/mol. The van der Waals surface area contributed by atoms with Gasteiger partial charge in [-0.05, 0) is 32.2 Å². The van der Waals surface area contributed by atoms with Crippen molar-refractivity contribution >= 4 is 5.91 Å². The van der Waals surface area contributed by atoms with Crippen LogP contribution in [0.1, 0.15) is 38.5 Å². The molecule has 0 atom stereocenters. The first-order valence-electron chi connectivity index (χ1n) is 5.88. The third-order valence-electron chi connectivity index (χ3n) is 3.36. The molecule has 1 saturated carbocycles. The third-order valence-corrected chi connectivity index (χ3v) is 3.36. The van der Waals surface area contributed by atoms with E-state index < -0.39 is 0 Å². The van der Waals surface area contributed by atoms with Crippen molar-refractivity contribution in [3.8, 4) is 0 Å². The maximum atomic E-state index is 11.8. The van der Waals surface area contributed by atoms with Crippen LogP contribution < -0.4 is 5.32 Å². The second kappa shape index (κ2) is 4.78. The van der Waals surface area contributed by atoms with Crippen LogP contribution in [0.15, 0.2) is 0 Å². The van der Waals surface area contributed by atoms with Crippen LogP contribution in [0.5, 0.6) is 0 Å². The van der Waals surface area contributed by atoms with Crippen molar-refractivity contribution in [2.24, 2.45) is 0 Å². The lowest BCUT2D eigenvalue weighted by molar-refractivity contribution is -0.132. The first kappa shape index (κ1) is 9.97. The molecule has 3 nitrogen and oxygen atoms in total. The lowest BCUT2D eigenvalue weighted by atomic mass is 10.1. The topological polar surface area (TPSA) is 32.3 Å². The summed E-state index contributed by atoms with van der Waals surface area (Å²) < 4.78 is 0. The number of amides is 1. The molecule has 0 aromatic rings. The number of carbonyl (C=O) groups is 1. The molecule has 3 heteroatoms. The molecule has 80 valence electrons. The van der Waals surface area contributed by atoms with Crippen molar-refractivity contribution in [1.82, 2.24) is 10.2 Å². The monoisotopic (exact) mass is 196 g/mol. The van der Waals surface area contributed by atoms with Crippen molar-refractivity contribution in [1.29, 1.82) is 0 Å². The predicted molar refractivity (Wildman–Crippen MR) is 56.1 cm³/mol. The maximum Gasteiger partial charge on any atom is 0.236 e. The third kappa shape index (κ3) is 2.27. The lowest BCUT2D eigenvalue weighted by Gasteiger charge is -2.30. The number of nitrogens with one attached hydrogen (secondary N) is 1. The van der Waals surface area contributed by atoms with Crippen LogP contribution in [0.2, 0.25) is 0 Å². The van der Waals surface area contributed by atoms with E-state index in [1.165, 1.54) is 32.1 Å². The molecule has 2 rings (SSSR count). The Morgan fingerprint density at radius 3 is 2.71 bits per heavy atom. The fourth-order valence-electron chi connectivity index (χ4n) is 2.56. The molecule has 1 heterocycles. The molecule has 1 aliphatic carbocycles. The summed E-state index contributed by atoms with van der Waals surface area (Å²) in [6, 6.07) is 0.558. The van der Waals surface area contributed by atoms with Crippen LogP contribution in [-0.2, 0) is 4.79 Å². The van der Waals surface area contributed by atoms with Crippen LogP contribution >= 0.6 is 0 Å². The number of hydrogen-bond donors (Lipinski definition) is 1. The van der Waals surface area contributed by atoms with E-state index in [-0.39, 0.29) is 0 Å². The van der Waals surface area contributed by atoms with Gasteiger partial charge in [-0.25, -0.2) is 0 Å². The van der Waals surface area contributed by atoms with E-state index in [0.29, 0.717) is 18.5 Å². The molecule has 2 fully saturated rings. The van der Waals surface area contributed by atoms with Gasteiger partial charge in [0, 0.05) is 12.6 Å². The zero-order valence-electron chi connectivity index (χ0n) is 8.80. The van der Waals surface area contributed by atoms with Gasteiger partial charge in [0.15, 0.2) is 0 Å². The van der Waals surface area contributed by atoms with Gasteiger partial charge in [-0.3, -0.25) is 4.79 Å². The second-order valence-corrected chi connectivity index (χ2v) is 4.41. The molecule has 1 aliphatic heterocycles. The molecule has 1 saturated heterocycles. The number of hydrogen-bond acceptors (Lipinski definition) is 2. The highest BCUT2D eigenvalue weighted by Gasteiger charge is 2.26. The van der Waals surface area contributed by atoms with Crippen molar-refractivity contribution in [2.75, 3.05) is 19.6 Å². The van der Waals surface area contributed by atoms with Crippen molar-refractivity contribution in [3.05, 3.63) is 0 Å². The molecule has 2 aliphatic rings. The Balaban J connectivity index is 1.94. The summed E-state index contributed by atoms with van der Waals surface area (Å²) in [5, 5.41) is 3.20. The number of nitrogens with zero attached hydrogens (tertiary/aromatic N) is 1. The average Bonchev–Trinajstić information content (AvgIpc) is 2.65. The first-order chi connectivity index (χ1) is 6.88. The van der Waals surface area contributed by atoms with Crippen LogP contribution in [0.3, 0.4) is 0 Å². The van der Waals surface area contributed by atoms with E-state index in [1.807, 2.05) is 0 Å². The van der Waals surface area contributed by atoms with Gasteiger partial charge in [0.2, 0.25) is 5.91 Å². The molecule has 0 spiro atoms. The van der Waals surface area contributed by atoms with Crippen molar-refractivity contribution in [2.45, 2.75) is 44.6 Å². The summed E-state index contributed by atoms with van der Waals surface area (Å²) in [5.41, 5.74) is 0. The van der Waals surface area contributed by atoms with Gasteiger partial charge in [-0.2, -0.15) is 0 Å². The van der Waals surface area contributed by atoms with E-state index in [2.05, 4.69) is 10.2 Å². The Hall–Kier alpha value is -0.570. The number of rotatable bonds is 1. The molecule has 0 bridgehead atoms. The Kier molecular flexibility index (Phi) is 3.40. The van der Waals surface area contributed by atoms with E-state index in [9.17, 15) is 4.79 Å². The van der Waals surface area contributed by atoms with Crippen molar-refractivity contribution in [3.63, 3.8) is 0 Å². The smallest absolute Gasteiger partial charge is 0.236 e. The molecule has 1 N–H and O–H groups in total.